The fourth-order valence-corrected chi connectivity index (χ4v) is 3.38. The van der Waals surface area contributed by atoms with E-state index in [1.807, 2.05) is 13.8 Å². The molecule has 0 saturated carbocycles. The van der Waals surface area contributed by atoms with Crippen molar-refractivity contribution in [1.82, 2.24) is 14.3 Å². The summed E-state index contributed by atoms with van der Waals surface area (Å²) in [5.41, 5.74) is 0. The summed E-state index contributed by atoms with van der Waals surface area (Å²) in [6.07, 6.45) is -3.00. The molecule has 0 aromatic carbocycles. The summed E-state index contributed by atoms with van der Waals surface area (Å²) in [4.78, 5) is 0. The predicted molar refractivity (Wildman–Crippen MR) is 70.4 cm³/mol. The first-order valence-corrected chi connectivity index (χ1v) is 8.09. The van der Waals surface area contributed by atoms with E-state index in [2.05, 4.69) is 5.32 Å². The van der Waals surface area contributed by atoms with Crippen LogP contribution in [0.5, 0.6) is 0 Å². The van der Waals surface area contributed by atoms with Gasteiger partial charge in [0, 0.05) is 19.1 Å². The minimum absolute atomic E-state index is 0.133. The number of nitrogens with one attached hydrogen (secondary N) is 2. The van der Waals surface area contributed by atoms with Gasteiger partial charge in [0.15, 0.2) is 0 Å². The zero-order chi connectivity index (χ0) is 15.4. The van der Waals surface area contributed by atoms with Gasteiger partial charge in [0.25, 0.3) is 10.2 Å². The van der Waals surface area contributed by atoms with Crippen molar-refractivity contribution in [2.75, 3.05) is 26.2 Å². The number of hydrogen-bond donors (Lipinski definition) is 2. The monoisotopic (exact) mass is 317 g/mol. The molecule has 0 bridgehead atoms. The van der Waals surface area contributed by atoms with Crippen LogP contribution in [0.4, 0.5) is 13.2 Å². The molecule has 1 fully saturated rings. The van der Waals surface area contributed by atoms with Crippen LogP contribution < -0.4 is 10.0 Å². The van der Waals surface area contributed by atoms with Crippen LogP contribution >= 0.6 is 0 Å². The molecule has 120 valence electrons. The van der Waals surface area contributed by atoms with Crippen LogP contribution in [-0.2, 0) is 10.2 Å². The summed E-state index contributed by atoms with van der Waals surface area (Å²) in [7, 11) is -4.05. The molecule has 9 heteroatoms. The molecule has 1 aliphatic rings. The van der Waals surface area contributed by atoms with E-state index >= 15 is 0 Å². The third-order valence-electron chi connectivity index (χ3n) is 3.09. The van der Waals surface area contributed by atoms with Gasteiger partial charge in [0.2, 0.25) is 0 Å². The highest BCUT2D eigenvalue weighted by atomic mass is 32.2. The van der Waals surface area contributed by atoms with Gasteiger partial charge in [0.1, 0.15) is 6.54 Å². The molecule has 1 heterocycles. The SMILES string of the molecule is CC(C)NCC1CCCN(S(=O)(=O)NCC(F)(F)F)C1. The minimum Gasteiger partial charge on any atom is -0.314 e. The van der Waals surface area contributed by atoms with Gasteiger partial charge in [-0.1, -0.05) is 13.8 Å². The quantitative estimate of drug-likeness (QED) is 0.771. The van der Waals surface area contributed by atoms with Gasteiger partial charge in [-0.15, -0.1) is 0 Å². The molecule has 0 spiro atoms. The Morgan fingerprint density at radius 1 is 1.35 bits per heavy atom. The highest BCUT2D eigenvalue weighted by molar-refractivity contribution is 7.87. The molecule has 0 aliphatic carbocycles. The van der Waals surface area contributed by atoms with Gasteiger partial charge in [0.05, 0.1) is 0 Å². The van der Waals surface area contributed by atoms with Crippen molar-refractivity contribution in [3.05, 3.63) is 0 Å². The second-order valence-corrected chi connectivity index (χ2v) is 7.13. The predicted octanol–water partition coefficient (Wildman–Crippen LogP) is 1.09. The molecule has 1 saturated heterocycles. The van der Waals surface area contributed by atoms with Gasteiger partial charge in [-0.2, -0.15) is 30.6 Å². The first-order chi connectivity index (χ1) is 9.10. The van der Waals surface area contributed by atoms with Crippen LogP contribution in [0.1, 0.15) is 26.7 Å². The van der Waals surface area contributed by atoms with Gasteiger partial charge in [-0.05, 0) is 25.3 Å². The maximum Gasteiger partial charge on any atom is 0.402 e. The Morgan fingerprint density at radius 3 is 2.55 bits per heavy atom. The van der Waals surface area contributed by atoms with E-state index in [1.165, 1.54) is 0 Å². The topological polar surface area (TPSA) is 61.4 Å². The molecule has 2 N–H and O–H groups in total. The van der Waals surface area contributed by atoms with Crippen molar-refractivity contribution in [3.63, 3.8) is 0 Å². The fourth-order valence-electron chi connectivity index (χ4n) is 2.08. The van der Waals surface area contributed by atoms with Crippen LogP contribution in [0.3, 0.4) is 0 Å². The third kappa shape index (κ3) is 6.38. The largest absolute Gasteiger partial charge is 0.402 e. The highest BCUT2D eigenvalue weighted by Gasteiger charge is 2.33. The van der Waals surface area contributed by atoms with Crippen LogP contribution in [0, 0.1) is 5.92 Å². The van der Waals surface area contributed by atoms with Gasteiger partial charge in [-0.3, -0.25) is 0 Å². The van der Waals surface area contributed by atoms with Gasteiger partial charge < -0.3 is 5.32 Å². The van der Waals surface area contributed by atoms with Crippen molar-refractivity contribution in [2.24, 2.45) is 5.92 Å². The maximum atomic E-state index is 12.1. The summed E-state index contributed by atoms with van der Waals surface area (Å²) in [5, 5.41) is 3.22. The molecule has 20 heavy (non-hydrogen) atoms. The highest BCUT2D eigenvalue weighted by Crippen LogP contribution is 2.19. The molecule has 1 atom stereocenters. The van der Waals surface area contributed by atoms with E-state index in [0.717, 1.165) is 10.7 Å². The lowest BCUT2D eigenvalue weighted by atomic mass is 9.99. The second-order valence-electron chi connectivity index (χ2n) is 5.37. The first-order valence-electron chi connectivity index (χ1n) is 6.65. The molecule has 1 unspecified atom stereocenters. The molecular weight excluding hydrogens is 295 g/mol. The summed E-state index contributed by atoms with van der Waals surface area (Å²) in [6.45, 7) is 3.65. The Labute approximate surface area is 118 Å². The normalized spacial score (nSPS) is 22.4. The lowest BCUT2D eigenvalue weighted by Gasteiger charge is -2.32. The number of hydrogen-bond acceptors (Lipinski definition) is 3. The molecule has 5 nitrogen and oxygen atoms in total. The molecule has 1 aliphatic heterocycles. The maximum absolute atomic E-state index is 12.1. The van der Waals surface area contributed by atoms with Gasteiger partial charge in [-0.25, -0.2) is 0 Å². The Balaban J connectivity index is 2.52. The van der Waals surface area contributed by atoms with Crippen molar-refractivity contribution in [2.45, 2.75) is 38.9 Å². The lowest BCUT2D eigenvalue weighted by Crippen LogP contribution is -2.49. The summed E-state index contributed by atoms with van der Waals surface area (Å²) in [5.74, 6) is 0.133. The standard InChI is InChI=1S/C11H22F3N3O2S/c1-9(2)15-6-10-4-3-5-17(7-10)20(18,19)16-8-11(12,13)14/h9-10,15-16H,3-8H2,1-2H3. The fraction of sp³-hybridized carbons (Fsp3) is 1.00. The number of halogens is 3. The zero-order valence-corrected chi connectivity index (χ0v) is 12.5. The Kier molecular flexibility index (Phi) is 6.24. The van der Waals surface area contributed by atoms with Gasteiger partial charge >= 0.3 is 6.18 Å². The molecule has 0 aromatic heterocycles. The molecule has 0 amide bonds. The van der Waals surface area contributed by atoms with Crippen LogP contribution in [0.2, 0.25) is 0 Å². The number of piperidine rings is 1. The number of rotatable bonds is 6. The van der Waals surface area contributed by atoms with E-state index in [0.29, 0.717) is 19.0 Å². The van der Waals surface area contributed by atoms with Crippen molar-refractivity contribution < 1.29 is 21.6 Å². The van der Waals surface area contributed by atoms with E-state index in [-0.39, 0.29) is 19.0 Å². The Bertz CT molecular complexity index is 398. The summed E-state index contributed by atoms with van der Waals surface area (Å²) < 4.78 is 62.6. The smallest absolute Gasteiger partial charge is 0.314 e. The molecule has 0 aromatic rings. The molecule has 0 radical (unpaired) electrons. The molecule has 1 rings (SSSR count). The van der Waals surface area contributed by atoms with Crippen molar-refractivity contribution in [1.29, 1.82) is 0 Å². The molecular formula is C11H22F3N3O2S. The van der Waals surface area contributed by atoms with Crippen molar-refractivity contribution >= 4 is 10.2 Å². The van der Waals surface area contributed by atoms with Crippen LogP contribution in [0.15, 0.2) is 0 Å². The zero-order valence-electron chi connectivity index (χ0n) is 11.7. The third-order valence-corrected chi connectivity index (χ3v) is 4.61. The lowest BCUT2D eigenvalue weighted by molar-refractivity contribution is -0.121. The van der Waals surface area contributed by atoms with E-state index in [1.54, 1.807) is 4.72 Å². The van der Waals surface area contributed by atoms with E-state index < -0.39 is 22.9 Å². The van der Waals surface area contributed by atoms with Crippen molar-refractivity contribution in [3.8, 4) is 0 Å². The first kappa shape index (κ1) is 17.7. The number of nitrogens with zero attached hydrogens (tertiary/aromatic N) is 1. The number of alkyl halides is 3. The van der Waals surface area contributed by atoms with Crippen LogP contribution in [0.25, 0.3) is 0 Å². The Hall–Kier alpha value is -0.380. The van der Waals surface area contributed by atoms with Crippen LogP contribution in [-0.4, -0.2) is 51.1 Å². The summed E-state index contributed by atoms with van der Waals surface area (Å²) >= 11 is 0. The summed E-state index contributed by atoms with van der Waals surface area (Å²) in [6, 6.07) is 0.297. The van der Waals surface area contributed by atoms with E-state index in [4.69, 9.17) is 0 Å². The average Bonchev–Trinajstić information content (AvgIpc) is 2.34. The van der Waals surface area contributed by atoms with E-state index in [9.17, 15) is 21.6 Å². The second kappa shape index (κ2) is 7.06. The Morgan fingerprint density at radius 2 is 2.00 bits per heavy atom. The average molecular weight is 317 g/mol. The minimum atomic E-state index is -4.54.